The van der Waals surface area contributed by atoms with Gasteiger partial charge in [0.2, 0.25) is 5.91 Å². The molecule has 1 aliphatic heterocycles. The number of carbonyl (C=O) groups excluding carboxylic acids is 2. The van der Waals surface area contributed by atoms with Crippen LogP contribution in [0.2, 0.25) is 0 Å². The molecule has 8 heteroatoms. The van der Waals surface area contributed by atoms with Crippen molar-refractivity contribution in [2.24, 2.45) is 5.73 Å². The molecule has 3 amide bonds. The molecular weight excluding hydrogens is 374 g/mol. The highest BCUT2D eigenvalue weighted by atomic mass is 32.1. The Morgan fingerprint density at radius 1 is 1.36 bits per heavy atom. The van der Waals surface area contributed by atoms with E-state index >= 15 is 0 Å². The van der Waals surface area contributed by atoms with Gasteiger partial charge in [0.05, 0.1) is 10.6 Å². The second-order valence-corrected chi connectivity index (χ2v) is 9.01. The fourth-order valence-corrected chi connectivity index (χ4v) is 4.47. The number of anilines is 1. The minimum Gasteiger partial charge on any atom is -0.368 e. The van der Waals surface area contributed by atoms with Crippen LogP contribution in [0, 0.1) is 6.85 Å². The third-order valence-corrected chi connectivity index (χ3v) is 6.92. The van der Waals surface area contributed by atoms with E-state index in [1.54, 1.807) is 19.2 Å². The van der Waals surface area contributed by atoms with E-state index in [-0.39, 0.29) is 16.2 Å². The Kier molecular flexibility index (Phi) is 3.61. The summed E-state index contributed by atoms with van der Waals surface area (Å²) in [5.41, 5.74) is 6.05. The number of nitrogens with two attached hydrogens (primary N) is 1. The highest BCUT2D eigenvalue weighted by Gasteiger charge is 2.44. The van der Waals surface area contributed by atoms with E-state index in [4.69, 9.17) is 9.85 Å². The number of likely N-dealkylation sites (tertiary alicyclic amines) is 1. The normalized spacial score (nSPS) is 24.9. The van der Waals surface area contributed by atoms with Crippen LogP contribution in [0.25, 0.3) is 10.4 Å². The first-order valence-electron chi connectivity index (χ1n) is 10.8. The number of carbonyl (C=O) groups is 2. The number of thiazole rings is 1. The number of urea groups is 1. The first-order chi connectivity index (χ1) is 14.4. The van der Waals surface area contributed by atoms with Gasteiger partial charge in [0.25, 0.3) is 0 Å². The number of aryl methyl sites for hydroxylation is 1. The summed E-state index contributed by atoms with van der Waals surface area (Å²) in [5, 5.41) is 2.84. The van der Waals surface area contributed by atoms with Gasteiger partial charge in [-0.05, 0) is 57.2 Å². The van der Waals surface area contributed by atoms with E-state index in [1.165, 1.54) is 4.90 Å². The van der Waals surface area contributed by atoms with Gasteiger partial charge in [-0.2, -0.15) is 0 Å². The van der Waals surface area contributed by atoms with E-state index in [0.717, 1.165) is 29.9 Å². The van der Waals surface area contributed by atoms with Crippen LogP contribution in [0.4, 0.5) is 9.93 Å². The minimum atomic E-state index is -2.45. The van der Waals surface area contributed by atoms with Crippen LogP contribution in [0.5, 0.6) is 0 Å². The van der Waals surface area contributed by atoms with Crippen molar-refractivity contribution in [1.29, 1.82) is 0 Å². The van der Waals surface area contributed by atoms with Crippen molar-refractivity contribution in [1.82, 2.24) is 14.9 Å². The molecule has 0 spiro atoms. The first-order valence-corrected chi connectivity index (χ1v) is 10.1. The molecule has 3 heterocycles. The van der Waals surface area contributed by atoms with Gasteiger partial charge in [0.15, 0.2) is 5.13 Å². The summed E-state index contributed by atoms with van der Waals surface area (Å²) in [6, 6.07) is 3.15. The molecule has 0 unspecified atom stereocenters. The summed E-state index contributed by atoms with van der Waals surface area (Å²) in [5.74, 6) is -0.568. The highest BCUT2D eigenvalue weighted by molar-refractivity contribution is 7.19. The average molecular weight is 403 g/mol. The van der Waals surface area contributed by atoms with Crippen molar-refractivity contribution in [3.63, 3.8) is 0 Å². The van der Waals surface area contributed by atoms with Crippen molar-refractivity contribution < 1.29 is 13.7 Å². The van der Waals surface area contributed by atoms with Crippen LogP contribution >= 0.6 is 11.3 Å². The summed E-state index contributed by atoms with van der Waals surface area (Å²) in [4.78, 5) is 35.3. The fraction of sp³-hybridized carbons (Fsp3) is 0.500. The number of pyridine rings is 1. The Hall–Kier alpha value is -2.48. The predicted octanol–water partition coefficient (Wildman–Crippen LogP) is 3.44. The van der Waals surface area contributed by atoms with Crippen LogP contribution in [0.15, 0.2) is 18.3 Å². The van der Waals surface area contributed by atoms with Gasteiger partial charge in [-0.15, -0.1) is 0 Å². The van der Waals surface area contributed by atoms with Crippen LogP contribution in [-0.2, 0) is 10.2 Å². The van der Waals surface area contributed by atoms with Gasteiger partial charge < -0.3 is 10.6 Å². The number of aromatic nitrogens is 2. The lowest BCUT2D eigenvalue weighted by Crippen LogP contribution is -2.55. The lowest BCUT2D eigenvalue weighted by atomic mass is 9.98. The third kappa shape index (κ3) is 3.15. The Morgan fingerprint density at radius 3 is 2.82 bits per heavy atom. The fourth-order valence-electron chi connectivity index (χ4n) is 3.62. The molecule has 2 fully saturated rings. The van der Waals surface area contributed by atoms with Gasteiger partial charge in [-0.1, -0.05) is 18.3 Å². The Labute approximate surface area is 172 Å². The van der Waals surface area contributed by atoms with Crippen LogP contribution in [0.1, 0.15) is 55.0 Å². The molecule has 1 saturated heterocycles. The molecule has 1 saturated carbocycles. The molecule has 7 nitrogen and oxygen atoms in total. The SMILES string of the molecule is [2H]C([2H])([2H])c1nc(NC(=O)N2CCC[C@@]2(C)C(N)=O)sc1-c1ccnc(C2(C)CC2)c1. The van der Waals surface area contributed by atoms with E-state index in [2.05, 4.69) is 22.2 Å². The Morgan fingerprint density at radius 2 is 2.14 bits per heavy atom. The number of nitrogens with one attached hydrogen (secondary N) is 1. The maximum Gasteiger partial charge on any atom is 0.324 e. The zero-order valence-electron chi connectivity index (χ0n) is 18.9. The predicted molar refractivity (Wildman–Crippen MR) is 109 cm³/mol. The molecule has 2 aliphatic rings. The number of hydrogen-bond donors (Lipinski definition) is 2. The van der Waals surface area contributed by atoms with Gasteiger partial charge in [0.1, 0.15) is 5.54 Å². The number of primary amides is 1. The maximum absolute atomic E-state index is 12.9. The van der Waals surface area contributed by atoms with Gasteiger partial charge in [-0.3, -0.25) is 15.1 Å². The molecule has 0 radical (unpaired) electrons. The highest BCUT2D eigenvalue weighted by Crippen LogP contribution is 2.47. The van der Waals surface area contributed by atoms with E-state index in [9.17, 15) is 9.59 Å². The van der Waals surface area contributed by atoms with E-state index in [1.807, 2.05) is 6.07 Å². The lowest BCUT2D eigenvalue weighted by molar-refractivity contribution is -0.126. The second-order valence-electron chi connectivity index (χ2n) is 8.01. The van der Waals surface area contributed by atoms with Crippen molar-refractivity contribution in [2.75, 3.05) is 11.9 Å². The quantitative estimate of drug-likeness (QED) is 0.818. The molecule has 3 N–H and O–H groups in total. The minimum absolute atomic E-state index is 0.0346. The Balaban J connectivity index is 1.66. The summed E-state index contributed by atoms with van der Waals surface area (Å²) in [6.45, 7) is 1.72. The molecule has 28 heavy (non-hydrogen) atoms. The van der Waals surface area contributed by atoms with Crippen molar-refractivity contribution in [2.45, 2.75) is 57.3 Å². The number of amides is 3. The first kappa shape index (κ1) is 15.4. The monoisotopic (exact) mass is 402 g/mol. The number of hydrogen-bond acceptors (Lipinski definition) is 5. The zero-order valence-corrected chi connectivity index (χ0v) is 16.7. The van der Waals surface area contributed by atoms with Crippen molar-refractivity contribution in [3.05, 3.63) is 29.7 Å². The zero-order chi connectivity index (χ0) is 22.6. The number of rotatable bonds is 4. The molecule has 0 bridgehead atoms. The smallest absolute Gasteiger partial charge is 0.324 e. The summed E-state index contributed by atoms with van der Waals surface area (Å²) >= 11 is 1.10. The largest absolute Gasteiger partial charge is 0.368 e. The molecule has 4 rings (SSSR count). The topological polar surface area (TPSA) is 101 Å². The molecule has 2 aromatic heterocycles. The molecule has 0 aromatic carbocycles. The van der Waals surface area contributed by atoms with Crippen LogP contribution < -0.4 is 11.1 Å². The van der Waals surface area contributed by atoms with Gasteiger partial charge in [0, 0.05) is 28.0 Å². The van der Waals surface area contributed by atoms with Crippen molar-refractivity contribution >= 4 is 28.4 Å². The maximum atomic E-state index is 12.9. The molecular formula is C20H25N5O2S. The molecule has 1 aliphatic carbocycles. The standard InChI is InChI=1S/C20H25N5O2S/c1-12-15(13-5-9-22-14(11-13)19(2)7-8-19)28-17(23-12)24-18(27)25-10-4-6-20(25,3)16(21)26/h5,9,11H,4,6-8,10H2,1-3H3,(H2,21,26)(H,23,24,27)/t20-/m0/s1/i1D3. The summed E-state index contributed by atoms with van der Waals surface area (Å²) in [7, 11) is 0. The molecule has 148 valence electrons. The average Bonchev–Trinajstić information content (AvgIpc) is 3.12. The third-order valence-electron chi connectivity index (χ3n) is 5.90. The van der Waals surface area contributed by atoms with Gasteiger partial charge in [-0.25, -0.2) is 9.78 Å². The van der Waals surface area contributed by atoms with Crippen LogP contribution in [-0.4, -0.2) is 38.9 Å². The summed E-state index contributed by atoms with van der Waals surface area (Å²) < 4.78 is 23.7. The van der Waals surface area contributed by atoms with Crippen molar-refractivity contribution in [3.8, 4) is 10.4 Å². The van der Waals surface area contributed by atoms with E-state index < -0.39 is 24.3 Å². The Bertz CT molecular complexity index is 1050. The van der Waals surface area contributed by atoms with E-state index in [0.29, 0.717) is 29.8 Å². The molecule has 2 aromatic rings. The molecule has 1 atom stereocenters. The lowest BCUT2D eigenvalue weighted by Gasteiger charge is -2.31. The summed E-state index contributed by atoms with van der Waals surface area (Å²) in [6.07, 6.45) is 4.92. The van der Waals surface area contributed by atoms with Crippen LogP contribution in [0.3, 0.4) is 0 Å². The number of nitrogens with zero attached hydrogens (tertiary/aromatic N) is 3. The van der Waals surface area contributed by atoms with Gasteiger partial charge >= 0.3 is 6.03 Å². The second kappa shape index (κ2) is 6.55.